The monoisotopic (exact) mass is 458 g/mol. The van der Waals surface area contributed by atoms with Crippen molar-refractivity contribution in [1.29, 1.82) is 0 Å². The Morgan fingerprint density at radius 2 is 1.74 bits per heavy atom. The van der Waals surface area contributed by atoms with E-state index in [2.05, 4.69) is 66.9 Å². The van der Waals surface area contributed by atoms with Gasteiger partial charge >= 0.3 is 0 Å². The van der Waals surface area contributed by atoms with Crippen LogP contribution in [0.3, 0.4) is 0 Å². The molecule has 0 amide bonds. The first-order valence-corrected chi connectivity index (χ1v) is 12.5. The largest absolute Gasteiger partial charge is 0.378 e. The van der Waals surface area contributed by atoms with Crippen LogP contribution < -0.4 is 5.32 Å². The van der Waals surface area contributed by atoms with Gasteiger partial charge in [0, 0.05) is 42.5 Å². The second-order valence-electron chi connectivity index (χ2n) is 8.21. The van der Waals surface area contributed by atoms with Crippen LogP contribution >= 0.6 is 0 Å². The Labute approximate surface area is 203 Å². The highest BCUT2D eigenvalue weighted by molar-refractivity contribution is 6.09. The van der Waals surface area contributed by atoms with Crippen LogP contribution in [0.5, 0.6) is 0 Å². The van der Waals surface area contributed by atoms with Crippen molar-refractivity contribution in [3.8, 4) is 11.3 Å². The Hall–Kier alpha value is -3.12. The number of nitrogens with one attached hydrogen (secondary N) is 1. The minimum Gasteiger partial charge on any atom is -0.378 e. The summed E-state index contributed by atoms with van der Waals surface area (Å²) < 4.78 is 7.50. The van der Waals surface area contributed by atoms with Crippen molar-refractivity contribution >= 4 is 11.5 Å². The second kappa shape index (κ2) is 10.4. The highest BCUT2D eigenvalue weighted by Gasteiger charge is 2.35. The standard InChI is InChI=1S/C24H24N5O.2C2H6/c1-15-4-3-5-17(12-15)20-6-7-29(27-20)24-25-21-13-16(2)18-14-19(18)22(21)23(26-24)28-8-10-30-11-9-28;2*1-2/h3-7,12-14,24-25H,8-11H2,1-2H3;2*1-2H3. The highest BCUT2D eigenvalue weighted by Crippen LogP contribution is 2.44. The smallest absolute Gasteiger partial charge is 0.217 e. The molecule has 0 spiro atoms. The van der Waals surface area contributed by atoms with Crippen molar-refractivity contribution in [2.75, 3.05) is 31.6 Å². The zero-order valence-corrected chi connectivity index (χ0v) is 21.2. The molecular weight excluding hydrogens is 422 g/mol. The molecule has 2 aliphatic heterocycles. The van der Waals surface area contributed by atoms with Crippen LogP contribution in [0.1, 0.15) is 61.8 Å². The molecule has 179 valence electrons. The molecule has 6 heteroatoms. The number of morpholine rings is 1. The molecule has 1 aliphatic carbocycles. The summed E-state index contributed by atoms with van der Waals surface area (Å²) in [6.07, 6.45) is 4.00. The lowest BCUT2D eigenvalue weighted by Crippen LogP contribution is -2.43. The Morgan fingerprint density at radius 3 is 2.47 bits per heavy atom. The molecule has 1 saturated heterocycles. The van der Waals surface area contributed by atoms with Gasteiger partial charge in [0.05, 0.1) is 18.9 Å². The van der Waals surface area contributed by atoms with E-state index in [1.807, 2.05) is 38.6 Å². The van der Waals surface area contributed by atoms with Crippen molar-refractivity contribution in [1.82, 2.24) is 14.7 Å². The maximum Gasteiger partial charge on any atom is 0.217 e. The third kappa shape index (κ3) is 4.60. The summed E-state index contributed by atoms with van der Waals surface area (Å²) >= 11 is 0. The van der Waals surface area contributed by atoms with Crippen molar-refractivity contribution in [3.05, 3.63) is 76.8 Å². The fraction of sp³-hybridized carbons (Fsp3) is 0.393. The third-order valence-electron chi connectivity index (χ3n) is 6.06. The number of fused-ring (bicyclic) bond motifs is 3. The number of aryl methyl sites for hydroxylation is 2. The predicted molar refractivity (Wildman–Crippen MR) is 140 cm³/mol. The van der Waals surface area contributed by atoms with Crippen LogP contribution in [0.4, 0.5) is 5.69 Å². The fourth-order valence-electron chi connectivity index (χ4n) is 4.43. The molecule has 0 bridgehead atoms. The maximum atomic E-state index is 5.58. The first-order valence-electron chi connectivity index (χ1n) is 12.5. The summed E-state index contributed by atoms with van der Waals surface area (Å²) in [7, 11) is 0. The van der Waals surface area contributed by atoms with Crippen LogP contribution in [0.25, 0.3) is 11.3 Å². The number of ether oxygens (including phenoxy) is 1. The number of hydrogen-bond acceptors (Lipinski definition) is 5. The van der Waals surface area contributed by atoms with E-state index in [0.29, 0.717) is 0 Å². The third-order valence-corrected chi connectivity index (χ3v) is 6.06. The van der Waals surface area contributed by atoms with Crippen molar-refractivity contribution in [2.24, 2.45) is 4.99 Å². The summed E-state index contributed by atoms with van der Waals surface area (Å²) in [5, 5.41) is 8.46. The first-order chi connectivity index (χ1) is 16.7. The molecule has 0 saturated carbocycles. The summed E-state index contributed by atoms with van der Waals surface area (Å²) in [5.74, 6) is 1.05. The lowest BCUT2D eigenvalue weighted by atomic mass is 10.1. The molecule has 34 heavy (non-hydrogen) atoms. The van der Waals surface area contributed by atoms with Crippen LogP contribution in [-0.4, -0.2) is 46.8 Å². The van der Waals surface area contributed by atoms with Crippen LogP contribution in [-0.2, 0) is 4.74 Å². The van der Waals surface area contributed by atoms with E-state index < -0.39 is 0 Å². The Balaban J connectivity index is 0.000000652. The minimum absolute atomic E-state index is 0.273. The molecule has 1 unspecified atom stereocenters. The summed E-state index contributed by atoms with van der Waals surface area (Å²) in [6.45, 7) is 15.5. The van der Waals surface area contributed by atoms with E-state index in [1.165, 1.54) is 27.8 Å². The molecule has 1 N–H and O–H groups in total. The molecule has 3 aromatic rings. The Morgan fingerprint density at radius 1 is 0.971 bits per heavy atom. The van der Waals surface area contributed by atoms with Crippen molar-refractivity contribution in [2.45, 2.75) is 47.8 Å². The molecule has 3 aliphatic rings. The molecular formula is C28H36N5O. The van der Waals surface area contributed by atoms with E-state index in [-0.39, 0.29) is 6.29 Å². The van der Waals surface area contributed by atoms with Gasteiger partial charge in [-0.2, -0.15) is 5.10 Å². The van der Waals surface area contributed by atoms with Gasteiger partial charge in [0.25, 0.3) is 0 Å². The van der Waals surface area contributed by atoms with Crippen LogP contribution in [0.2, 0.25) is 0 Å². The number of aliphatic imine (C=N–C) groups is 1. The fourth-order valence-corrected chi connectivity index (χ4v) is 4.43. The summed E-state index contributed by atoms with van der Waals surface area (Å²) in [6, 6.07) is 12.7. The molecule has 1 aromatic heterocycles. The maximum absolute atomic E-state index is 5.58. The molecule has 6 nitrogen and oxygen atoms in total. The molecule has 1 atom stereocenters. The van der Waals surface area contributed by atoms with Crippen LogP contribution in [0.15, 0.2) is 47.6 Å². The lowest BCUT2D eigenvalue weighted by molar-refractivity contribution is 0.0679. The minimum atomic E-state index is -0.273. The number of benzene rings is 2. The zero-order valence-electron chi connectivity index (χ0n) is 21.2. The topological polar surface area (TPSA) is 54.7 Å². The number of nitrogens with zero attached hydrogens (tertiary/aromatic N) is 4. The average Bonchev–Trinajstić information content (AvgIpc) is 3.55. The number of amidine groups is 1. The van der Waals surface area contributed by atoms with Crippen LogP contribution in [0, 0.1) is 20.3 Å². The van der Waals surface area contributed by atoms with Gasteiger partial charge in [0.2, 0.25) is 6.29 Å². The highest BCUT2D eigenvalue weighted by atomic mass is 16.5. The summed E-state index contributed by atoms with van der Waals surface area (Å²) in [5.41, 5.74) is 9.65. The molecule has 1 radical (unpaired) electrons. The molecule has 3 heterocycles. The van der Waals surface area contributed by atoms with E-state index in [4.69, 9.17) is 14.8 Å². The van der Waals surface area contributed by atoms with Crippen molar-refractivity contribution < 1.29 is 4.74 Å². The van der Waals surface area contributed by atoms with Gasteiger partial charge in [-0.1, -0.05) is 51.5 Å². The lowest BCUT2D eigenvalue weighted by Gasteiger charge is -2.35. The van der Waals surface area contributed by atoms with E-state index in [0.717, 1.165) is 49.1 Å². The molecule has 2 aromatic carbocycles. The van der Waals surface area contributed by atoms with Gasteiger partial charge in [0.1, 0.15) is 5.84 Å². The van der Waals surface area contributed by atoms with E-state index in [1.54, 1.807) is 0 Å². The number of rotatable bonds is 2. The van der Waals surface area contributed by atoms with Gasteiger partial charge in [-0.05, 0) is 48.7 Å². The average molecular weight is 459 g/mol. The molecule has 1 fully saturated rings. The van der Waals surface area contributed by atoms with Gasteiger partial charge in [0.15, 0.2) is 0 Å². The predicted octanol–water partition coefficient (Wildman–Crippen LogP) is 5.79. The van der Waals surface area contributed by atoms with Gasteiger partial charge in [-0.25, -0.2) is 9.67 Å². The second-order valence-corrected chi connectivity index (χ2v) is 8.21. The number of aromatic nitrogens is 2. The quantitative estimate of drug-likeness (QED) is 0.413. The zero-order chi connectivity index (χ0) is 24.2. The normalized spacial score (nSPS) is 17.6. The van der Waals surface area contributed by atoms with Gasteiger partial charge in [-0.3, -0.25) is 0 Å². The first kappa shape index (κ1) is 24.0. The Kier molecular flexibility index (Phi) is 7.37. The number of anilines is 1. The molecule has 6 rings (SSSR count). The Bertz CT molecular complexity index is 1170. The van der Waals surface area contributed by atoms with Gasteiger partial charge < -0.3 is 15.0 Å². The number of hydrogen-bond donors (Lipinski definition) is 1. The van der Waals surface area contributed by atoms with Crippen molar-refractivity contribution in [3.63, 3.8) is 0 Å². The SMILES string of the molecule is CC.CC.Cc1cccc(-c2ccn(C3N=C(N4CCOCC4)c4c(cc(C)c5c4[CH]5)N3)n2)c1. The summed E-state index contributed by atoms with van der Waals surface area (Å²) in [4.78, 5) is 7.47. The van der Waals surface area contributed by atoms with Gasteiger partial charge in [-0.15, -0.1) is 0 Å². The van der Waals surface area contributed by atoms with E-state index >= 15 is 0 Å². The van der Waals surface area contributed by atoms with E-state index in [9.17, 15) is 0 Å².